The third-order valence-corrected chi connectivity index (χ3v) is 6.61. The number of aromatic amines is 1. The van der Waals surface area contributed by atoms with Crippen molar-refractivity contribution in [1.29, 1.82) is 0 Å². The molecule has 0 radical (unpaired) electrons. The number of carbonyl (C=O) groups excluding carboxylic acids is 2. The Labute approximate surface area is 201 Å². The van der Waals surface area contributed by atoms with Crippen molar-refractivity contribution in [2.24, 2.45) is 0 Å². The Kier molecular flexibility index (Phi) is 6.25. The van der Waals surface area contributed by atoms with Crippen molar-refractivity contribution in [3.8, 4) is 0 Å². The molecule has 1 aromatic heterocycles. The van der Waals surface area contributed by atoms with Gasteiger partial charge in [0.05, 0.1) is 28.0 Å². The lowest BCUT2D eigenvalue weighted by Crippen LogP contribution is -2.39. The summed E-state index contributed by atoms with van der Waals surface area (Å²) >= 11 is 5.99. The lowest BCUT2D eigenvalue weighted by Gasteiger charge is -2.32. The maximum absolute atomic E-state index is 14.6. The SMILES string of the molecule is CCC1(C)CN(C(=O)c2c(F)ccc(F)c2Cl)C=C(C(=O)OC(C)C)c2[nH]c3ccccc3c21. The fraction of sp³-hybridized carbons (Fsp3) is 0.308. The predicted octanol–water partition coefficient (Wildman–Crippen LogP) is 6.22. The van der Waals surface area contributed by atoms with E-state index in [0.717, 1.165) is 28.6 Å². The van der Waals surface area contributed by atoms with Crippen molar-refractivity contribution in [1.82, 2.24) is 9.88 Å². The number of carbonyl (C=O) groups is 2. The lowest BCUT2D eigenvalue weighted by atomic mass is 9.77. The van der Waals surface area contributed by atoms with Crippen LogP contribution in [-0.4, -0.2) is 34.4 Å². The zero-order valence-electron chi connectivity index (χ0n) is 19.3. The second-order valence-electron chi connectivity index (χ2n) is 8.98. The number of ether oxygens (including phenoxy) is 1. The summed E-state index contributed by atoms with van der Waals surface area (Å²) in [6.45, 7) is 7.51. The number of esters is 1. The third kappa shape index (κ3) is 3.98. The van der Waals surface area contributed by atoms with E-state index in [1.54, 1.807) is 13.8 Å². The topological polar surface area (TPSA) is 62.4 Å². The summed E-state index contributed by atoms with van der Waals surface area (Å²) in [4.78, 5) is 31.2. The Balaban J connectivity index is 1.96. The summed E-state index contributed by atoms with van der Waals surface area (Å²) < 4.78 is 34.2. The third-order valence-electron chi connectivity index (χ3n) is 6.24. The van der Waals surface area contributed by atoms with Crippen LogP contribution in [0.15, 0.2) is 42.6 Å². The minimum atomic E-state index is -0.942. The number of benzene rings is 2. The van der Waals surface area contributed by atoms with Gasteiger partial charge in [-0.05, 0) is 44.0 Å². The maximum atomic E-state index is 14.6. The summed E-state index contributed by atoms with van der Waals surface area (Å²) in [5.41, 5.74) is 1.16. The molecule has 5 nitrogen and oxygen atoms in total. The molecule has 0 spiro atoms. The molecule has 1 unspecified atom stereocenters. The molecule has 34 heavy (non-hydrogen) atoms. The van der Waals surface area contributed by atoms with Gasteiger partial charge in [0.1, 0.15) is 11.6 Å². The fourth-order valence-electron chi connectivity index (χ4n) is 4.41. The van der Waals surface area contributed by atoms with Crippen LogP contribution in [-0.2, 0) is 14.9 Å². The Morgan fingerprint density at radius 2 is 1.85 bits per heavy atom. The van der Waals surface area contributed by atoms with Crippen LogP contribution < -0.4 is 0 Å². The van der Waals surface area contributed by atoms with E-state index in [9.17, 15) is 18.4 Å². The highest BCUT2D eigenvalue weighted by atomic mass is 35.5. The van der Waals surface area contributed by atoms with E-state index < -0.39 is 45.6 Å². The van der Waals surface area contributed by atoms with E-state index in [2.05, 4.69) is 4.98 Å². The minimum Gasteiger partial charge on any atom is -0.459 e. The second-order valence-corrected chi connectivity index (χ2v) is 9.36. The standard InChI is InChI=1S/C26H25ClF2N2O3/c1-5-26(4)13-31(24(32)20-17(28)10-11-18(29)22(20)27)12-16(25(33)34-14(2)3)23-21(26)15-8-6-7-9-19(15)30-23/h6-12,14,30H,5,13H2,1-4H3. The summed E-state index contributed by atoms with van der Waals surface area (Å²) in [5.74, 6) is -3.32. The van der Waals surface area contributed by atoms with Crippen molar-refractivity contribution in [2.75, 3.05) is 6.54 Å². The van der Waals surface area contributed by atoms with Crippen molar-refractivity contribution in [2.45, 2.75) is 45.6 Å². The highest BCUT2D eigenvalue weighted by molar-refractivity contribution is 6.34. The van der Waals surface area contributed by atoms with Crippen molar-refractivity contribution in [3.63, 3.8) is 0 Å². The quantitative estimate of drug-likeness (QED) is 0.352. The van der Waals surface area contributed by atoms with Gasteiger partial charge in [0.2, 0.25) is 0 Å². The molecular formula is C26H25ClF2N2O3. The molecule has 0 saturated carbocycles. The molecule has 2 heterocycles. The molecule has 0 aliphatic carbocycles. The fourth-order valence-corrected chi connectivity index (χ4v) is 4.64. The molecule has 0 fully saturated rings. The highest BCUT2D eigenvalue weighted by Crippen LogP contribution is 2.43. The largest absolute Gasteiger partial charge is 0.459 e. The van der Waals surface area contributed by atoms with Crippen LogP contribution in [0.25, 0.3) is 16.5 Å². The Morgan fingerprint density at radius 3 is 2.53 bits per heavy atom. The number of nitrogens with one attached hydrogen (secondary N) is 1. The van der Waals surface area contributed by atoms with Gasteiger partial charge in [-0.2, -0.15) is 0 Å². The number of amides is 1. The lowest BCUT2D eigenvalue weighted by molar-refractivity contribution is -0.140. The first-order valence-corrected chi connectivity index (χ1v) is 11.4. The van der Waals surface area contributed by atoms with Crippen LogP contribution in [0.2, 0.25) is 5.02 Å². The first kappa shape index (κ1) is 24.0. The Hall–Kier alpha value is -3.19. The molecule has 0 saturated heterocycles. The van der Waals surface area contributed by atoms with Gasteiger partial charge in [0.15, 0.2) is 0 Å². The molecule has 4 rings (SSSR count). The number of fused-ring (bicyclic) bond motifs is 3. The van der Waals surface area contributed by atoms with Crippen LogP contribution in [0.4, 0.5) is 8.78 Å². The van der Waals surface area contributed by atoms with Gasteiger partial charge in [-0.25, -0.2) is 13.6 Å². The molecule has 8 heteroatoms. The molecule has 1 aliphatic heterocycles. The van der Waals surface area contributed by atoms with E-state index in [0.29, 0.717) is 12.1 Å². The smallest absolute Gasteiger partial charge is 0.342 e. The maximum Gasteiger partial charge on any atom is 0.342 e. The molecule has 1 amide bonds. The molecule has 1 N–H and O–H groups in total. The van der Waals surface area contributed by atoms with E-state index in [-0.39, 0.29) is 12.1 Å². The normalized spacial score (nSPS) is 18.0. The predicted molar refractivity (Wildman–Crippen MR) is 128 cm³/mol. The summed E-state index contributed by atoms with van der Waals surface area (Å²) in [5, 5.41) is 0.311. The first-order valence-electron chi connectivity index (χ1n) is 11.1. The van der Waals surface area contributed by atoms with Crippen molar-refractivity contribution >= 4 is 40.0 Å². The number of aromatic nitrogens is 1. The number of halogens is 3. The van der Waals surface area contributed by atoms with Gasteiger partial charge in [0, 0.05) is 29.1 Å². The zero-order chi connectivity index (χ0) is 24.8. The molecule has 1 aliphatic rings. The van der Waals surface area contributed by atoms with Crippen LogP contribution in [0.5, 0.6) is 0 Å². The van der Waals surface area contributed by atoms with Crippen LogP contribution in [0, 0.1) is 11.6 Å². The number of rotatable bonds is 4. The average Bonchev–Trinajstić information content (AvgIpc) is 3.12. The summed E-state index contributed by atoms with van der Waals surface area (Å²) in [6.07, 6.45) is 1.55. The number of hydrogen-bond donors (Lipinski definition) is 1. The molecular weight excluding hydrogens is 462 g/mol. The Bertz CT molecular complexity index is 1330. The van der Waals surface area contributed by atoms with E-state index in [1.807, 2.05) is 38.1 Å². The van der Waals surface area contributed by atoms with Gasteiger partial charge in [-0.15, -0.1) is 0 Å². The van der Waals surface area contributed by atoms with E-state index >= 15 is 0 Å². The van der Waals surface area contributed by atoms with Crippen molar-refractivity contribution in [3.05, 3.63) is 76.1 Å². The monoisotopic (exact) mass is 486 g/mol. The van der Waals surface area contributed by atoms with Crippen LogP contribution in [0.1, 0.15) is 55.7 Å². The Morgan fingerprint density at radius 1 is 1.18 bits per heavy atom. The van der Waals surface area contributed by atoms with Gasteiger partial charge < -0.3 is 14.6 Å². The number of nitrogens with zero attached hydrogens (tertiary/aromatic N) is 1. The molecule has 178 valence electrons. The zero-order valence-corrected chi connectivity index (χ0v) is 20.1. The minimum absolute atomic E-state index is 0.113. The second kappa shape index (κ2) is 8.87. The van der Waals surface area contributed by atoms with Crippen LogP contribution in [0.3, 0.4) is 0 Å². The average molecular weight is 487 g/mol. The molecule has 0 bridgehead atoms. The van der Waals surface area contributed by atoms with Gasteiger partial charge in [-0.3, -0.25) is 4.79 Å². The molecule has 2 aromatic carbocycles. The molecule has 1 atom stereocenters. The number of hydrogen-bond acceptors (Lipinski definition) is 3. The first-order chi connectivity index (χ1) is 16.1. The van der Waals surface area contributed by atoms with Gasteiger partial charge in [-0.1, -0.05) is 43.6 Å². The van der Waals surface area contributed by atoms with E-state index in [1.165, 1.54) is 11.1 Å². The molecule has 3 aromatic rings. The van der Waals surface area contributed by atoms with Crippen molar-refractivity contribution < 1.29 is 23.1 Å². The van der Waals surface area contributed by atoms with Gasteiger partial charge in [0.25, 0.3) is 5.91 Å². The number of H-pyrrole nitrogens is 1. The summed E-state index contributed by atoms with van der Waals surface area (Å²) in [7, 11) is 0. The number of para-hydroxylation sites is 1. The van der Waals surface area contributed by atoms with Gasteiger partial charge >= 0.3 is 5.97 Å². The van der Waals surface area contributed by atoms with Crippen LogP contribution >= 0.6 is 11.6 Å². The summed E-state index contributed by atoms with van der Waals surface area (Å²) in [6, 6.07) is 9.38. The highest BCUT2D eigenvalue weighted by Gasteiger charge is 2.40. The van der Waals surface area contributed by atoms with E-state index in [4.69, 9.17) is 16.3 Å².